The second-order valence-corrected chi connectivity index (χ2v) is 7.89. The molecule has 0 aromatic rings. The van der Waals surface area contributed by atoms with E-state index in [-0.39, 0.29) is 26.1 Å². The summed E-state index contributed by atoms with van der Waals surface area (Å²) in [5.41, 5.74) is 0. The summed E-state index contributed by atoms with van der Waals surface area (Å²) in [6, 6.07) is 0. The number of hydrogen-bond acceptors (Lipinski definition) is 8. The summed E-state index contributed by atoms with van der Waals surface area (Å²) >= 11 is 0. The molecule has 0 radical (unpaired) electrons. The van der Waals surface area contributed by atoms with Gasteiger partial charge in [-0.2, -0.15) is 0 Å². The highest BCUT2D eigenvalue weighted by Crippen LogP contribution is 2.08. The Balaban J connectivity index is 3.59. The largest absolute Gasteiger partial charge is 0.516 e. The number of carbonyl (C=O) groups excluding carboxylic acids is 4. The number of carbonyl (C=O) groups is 4. The first-order valence-electron chi connectivity index (χ1n) is 12.2. The average Bonchev–Trinajstić information content (AvgIpc) is 2.75. The highest BCUT2D eigenvalue weighted by Gasteiger charge is 2.14. The van der Waals surface area contributed by atoms with Crippen LogP contribution in [0.3, 0.4) is 0 Å². The van der Waals surface area contributed by atoms with Crippen LogP contribution in [0.25, 0.3) is 0 Å². The molecule has 0 spiro atoms. The van der Waals surface area contributed by atoms with E-state index >= 15 is 0 Å². The summed E-state index contributed by atoms with van der Waals surface area (Å²) in [7, 11) is 0. The summed E-state index contributed by atoms with van der Waals surface area (Å²) in [5, 5.41) is 0. The van der Waals surface area contributed by atoms with Gasteiger partial charge in [-0.05, 0) is 25.7 Å². The minimum Gasteiger partial charge on any atom is -0.434 e. The van der Waals surface area contributed by atoms with Crippen LogP contribution in [-0.2, 0) is 28.5 Å². The van der Waals surface area contributed by atoms with Gasteiger partial charge < -0.3 is 18.9 Å². The van der Waals surface area contributed by atoms with E-state index in [1.807, 2.05) is 0 Å². The van der Waals surface area contributed by atoms with E-state index in [4.69, 9.17) is 9.47 Å². The fraction of sp³-hybridized carbons (Fsp3) is 0.833. The summed E-state index contributed by atoms with van der Waals surface area (Å²) in [6.45, 7) is 4.77. The second kappa shape index (κ2) is 22.1. The predicted octanol–water partition coefficient (Wildman–Crippen LogP) is 6.63. The zero-order valence-electron chi connectivity index (χ0n) is 20.0. The fourth-order valence-electron chi connectivity index (χ4n) is 2.96. The molecule has 0 atom stereocenters. The molecule has 32 heavy (non-hydrogen) atoms. The maximum atomic E-state index is 11.6. The maximum absolute atomic E-state index is 11.6. The van der Waals surface area contributed by atoms with Crippen LogP contribution < -0.4 is 0 Å². The molecular formula is C24H42O8. The van der Waals surface area contributed by atoms with Crippen molar-refractivity contribution >= 4 is 24.2 Å². The highest BCUT2D eigenvalue weighted by molar-refractivity contribution is 5.82. The Labute approximate surface area is 192 Å². The molecule has 0 fully saturated rings. The molecule has 0 saturated carbocycles. The molecule has 0 heterocycles. The van der Waals surface area contributed by atoms with Crippen molar-refractivity contribution in [1.82, 2.24) is 0 Å². The molecule has 0 N–H and O–H groups in total. The van der Waals surface area contributed by atoms with Crippen LogP contribution in [0.2, 0.25) is 0 Å². The molecule has 0 unspecified atom stereocenters. The molecule has 0 rings (SSSR count). The van der Waals surface area contributed by atoms with Gasteiger partial charge in [-0.25, -0.2) is 9.59 Å². The first kappa shape index (κ1) is 29.9. The van der Waals surface area contributed by atoms with E-state index in [1.54, 1.807) is 0 Å². The fourth-order valence-corrected chi connectivity index (χ4v) is 2.96. The van der Waals surface area contributed by atoms with Gasteiger partial charge in [0.05, 0.1) is 13.2 Å². The van der Waals surface area contributed by atoms with Crippen molar-refractivity contribution in [2.45, 2.75) is 117 Å². The van der Waals surface area contributed by atoms with Crippen LogP contribution in [0, 0.1) is 0 Å². The third-order valence-electron chi connectivity index (χ3n) is 4.84. The van der Waals surface area contributed by atoms with E-state index in [1.165, 1.54) is 38.5 Å². The van der Waals surface area contributed by atoms with Gasteiger partial charge in [-0.3, -0.25) is 9.59 Å². The lowest BCUT2D eigenvalue weighted by atomic mass is 10.1. The molecule has 0 aromatic carbocycles. The minimum atomic E-state index is -0.990. The Morgan fingerprint density at radius 2 is 0.812 bits per heavy atom. The normalized spacial score (nSPS) is 10.4. The van der Waals surface area contributed by atoms with E-state index in [0.29, 0.717) is 12.8 Å². The Kier molecular flexibility index (Phi) is 20.6. The quantitative estimate of drug-likeness (QED) is 0.121. The van der Waals surface area contributed by atoms with E-state index in [9.17, 15) is 19.2 Å². The van der Waals surface area contributed by atoms with Crippen molar-refractivity contribution < 1.29 is 38.1 Å². The van der Waals surface area contributed by atoms with Crippen LogP contribution in [0.15, 0.2) is 0 Å². The molecule has 0 amide bonds. The highest BCUT2D eigenvalue weighted by atomic mass is 16.7. The predicted molar refractivity (Wildman–Crippen MR) is 120 cm³/mol. The van der Waals surface area contributed by atoms with E-state index in [0.717, 1.165) is 38.5 Å². The zero-order valence-corrected chi connectivity index (χ0v) is 20.0. The zero-order chi connectivity index (χ0) is 23.9. The first-order chi connectivity index (χ1) is 15.5. The standard InChI is InChI=1S/C24H42O8/c1-3-5-7-9-11-15-19-29-23(27)31-21(25)17-13-14-18-22(26)32-24(28)30-20-16-12-10-8-6-4-2/h3-20H2,1-2H3. The van der Waals surface area contributed by atoms with Gasteiger partial charge in [0.25, 0.3) is 0 Å². The third-order valence-corrected chi connectivity index (χ3v) is 4.84. The first-order valence-corrected chi connectivity index (χ1v) is 12.2. The Hall–Kier alpha value is -2.12. The molecule has 186 valence electrons. The van der Waals surface area contributed by atoms with E-state index in [2.05, 4.69) is 23.3 Å². The topological polar surface area (TPSA) is 105 Å². The summed E-state index contributed by atoms with van der Waals surface area (Å²) in [4.78, 5) is 46.1. The van der Waals surface area contributed by atoms with Gasteiger partial charge in [0.1, 0.15) is 0 Å². The summed E-state index contributed by atoms with van der Waals surface area (Å²) in [5.74, 6) is -1.41. The van der Waals surface area contributed by atoms with Crippen LogP contribution in [0.5, 0.6) is 0 Å². The van der Waals surface area contributed by atoms with Crippen molar-refractivity contribution in [2.75, 3.05) is 13.2 Å². The van der Waals surface area contributed by atoms with E-state index < -0.39 is 24.2 Å². The molecule has 0 aliphatic rings. The monoisotopic (exact) mass is 458 g/mol. The lowest BCUT2D eigenvalue weighted by Gasteiger charge is -2.06. The lowest BCUT2D eigenvalue weighted by Crippen LogP contribution is -2.15. The summed E-state index contributed by atoms with van der Waals surface area (Å²) in [6.07, 6.45) is 11.4. The second-order valence-electron chi connectivity index (χ2n) is 7.89. The Morgan fingerprint density at radius 1 is 0.469 bits per heavy atom. The third kappa shape index (κ3) is 21.1. The average molecular weight is 459 g/mol. The van der Waals surface area contributed by atoms with Crippen molar-refractivity contribution in [3.63, 3.8) is 0 Å². The molecule has 0 aliphatic heterocycles. The number of hydrogen-bond donors (Lipinski definition) is 0. The van der Waals surface area contributed by atoms with Crippen molar-refractivity contribution in [1.29, 1.82) is 0 Å². The minimum absolute atomic E-state index is 0.0259. The van der Waals surface area contributed by atoms with Gasteiger partial charge in [0, 0.05) is 12.8 Å². The Bertz CT molecular complexity index is 472. The molecular weight excluding hydrogens is 416 g/mol. The maximum Gasteiger partial charge on any atom is 0.516 e. The van der Waals surface area contributed by atoms with Gasteiger partial charge in [-0.1, -0.05) is 78.1 Å². The van der Waals surface area contributed by atoms with Crippen molar-refractivity contribution in [3.05, 3.63) is 0 Å². The van der Waals surface area contributed by atoms with Gasteiger partial charge in [0.2, 0.25) is 0 Å². The summed E-state index contributed by atoms with van der Waals surface area (Å²) < 4.78 is 18.9. The lowest BCUT2D eigenvalue weighted by molar-refractivity contribution is -0.142. The van der Waals surface area contributed by atoms with Gasteiger partial charge in [-0.15, -0.1) is 0 Å². The molecule has 0 saturated heterocycles. The molecule has 0 aromatic heterocycles. The van der Waals surface area contributed by atoms with Gasteiger partial charge >= 0.3 is 24.2 Å². The SMILES string of the molecule is CCCCCCCCOC(=O)OC(=O)CCCCC(=O)OC(=O)OCCCCCCCC. The van der Waals surface area contributed by atoms with Crippen LogP contribution in [-0.4, -0.2) is 37.5 Å². The number of esters is 2. The number of unbranched alkanes of at least 4 members (excludes halogenated alkanes) is 11. The van der Waals surface area contributed by atoms with Crippen LogP contribution in [0.1, 0.15) is 117 Å². The molecule has 8 heteroatoms. The molecule has 0 bridgehead atoms. The van der Waals surface area contributed by atoms with Crippen molar-refractivity contribution in [3.8, 4) is 0 Å². The molecule has 0 aliphatic carbocycles. The number of ether oxygens (including phenoxy) is 4. The Morgan fingerprint density at radius 3 is 1.19 bits per heavy atom. The van der Waals surface area contributed by atoms with Crippen molar-refractivity contribution in [2.24, 2.45) is 0 Å². The van der Waals surface area contributed by atoms with Gasteiger partial charge in [0.15, 0.2) is 0 Å². The molecule has 8 nitrogen and oxygen atoms in total. The smallest absolute Gasteiger partial charge is 0.434 e. The number of rotatable bonds is 19. The van der Waals surface area contributed by atoms with Crippen LogP contribution in [0.4, 0.5) is 9.59 Å². The van der Waals surface area contributed by atoms with Crippen LogP contribution >= 0.6 is 0 Å².